The molecule has 1 aliphatic carbocycles. The van der Waals surface area contributed by atoms with Gasteiger partial charge in [0.25, 0.3) is 5.91 Å². The summed E-state index contributed by atoms with van der Waals surface area (Å²) in [6, 6.07) is 15.7. The Labute approximate surface area is 154 Å². The van der Waals surface area contributed by atoms with E-state index >= 15 is 0 Å². The Kier molecular flexibility index (Phi) is 4.93. The van der Waals surface area contributed by atoms with Crippen molar-refractivity contribution < 1.29 is 9.90 Å². The van der Waals surface area contributed by atoms with Gasteiger partial charge >= 0.3 is 0 Å². The Morgan fingerprint density at radius 3 is 2.62 bits per heavy atom. The Morgan fingerprint density at radius 1 is 1.08 bits per heavy atom. The number of hydrogen-bond donors (Lipinski definition) is 2. The quantitative estimate of drug-likeness (QED) is 0.840. The number of hydrogen-bond acceptors (Lipinski definition) is 3. The molecule has 2 aliphatic rings. The number of phenolic OH excluding ortho intramolecular Hbond substituents is 1. The van der Waals surface area contributed by atoms with E-state index in [9.17, 15) is 9.90 Å². The van der Waals surface area contributed by atoms with Gasteiger partial charge in [-0.1, -0.05) is 24.3 Å². The second-order valence-corrected chi connectivity index (χ2v) is 7.60. The van der Waals surface area contributed by atoms with Crippen molar-refractivity contribution >= 4 is 5.91 Å². The summed E-state index contributed by atoms with van der Waals surface area (Å²) in [5, 5.41) is 13.1. The van der Waals surface area contributed by atoms with Crippen LogP contribution in [0.1, 0.15) is 40.7 Å². The van der Waals surface area contributed by atoms with Crippen molar-refractivity contribution in [2.45, 2.75) is 38.3 Å². The first-order chi connectivity index (χ1) is 12.7. The highest BCUT2D eigenvalue weighted by Crippen LogP contribution is 2.30. The second kappa shape index (κ2) is 7.50. The normalized spacial score (nSPS) is 19.5. The van der Waals surface area contributed by atoms with Gasteiger partial charge in [-0.25, -0.2) is 0 Å². The van der Waals surface area contributed by atoms with Gasteiger partial charge in [0.2, 0.25) is 0 Å². The summed E-state index contributed by atoms with van der Waals surface area (Å²) in [5.74, 6) is 1.02. The lowest BCUT2D eigenvalue weighted by Gasteiger charge is -2.23. The summed E-state index contributed by atoms with van der Waals surface area (Å²) < 4.78 is 0. The molecule has 2 aromatic carbocycles. The summed E-state index contributed by atoms with van der Waals surface area (Å²) in [6.07, 6.45) is 4.38. The zero-order valence-electron chi connectivity index (χ0n) is 15.0. The molecule has 1 aliphatic heterocycles. The number of rotatable bonds is 6. The van der Waals surface area contributed by atoms with E-state index in [4.69, 9.17) is 0 Å². The molecule has 136 valence electrons. The minimum Gasteiger partial charge on any atom is -0.508 e. The van der Waals surface area contributed by atoms with Crippen LogP contribution in [0.3, 0.4) is 0 Å². The van der Waals surface area contributed by atoms with Crippen LogP contribution < -0.4 is 5.32 Å². The first kappa shape index (κ1) is 17.1. The molecule has 26 heavy (non-hydrogen) atoms. The van der Waals surface area contributed by atoms with Gasteiger partial charge in [-0.2, -0.15) is 0 Å². The first-order valence-electron chi connectivity index (χ1n) is 9.57. The zero-order valence-corrected chi connectivity index (χ0v) is 15.0. The van der Waals surface area contributed by atoms with Gasteiger partial charge in [-0.3, -0.25) is 4.79 Å². The third-order valence-corrected chi connectivity index (χ3v) is 5.37. The average Bonchev–Trinajstić information content (AvgIpc) is 3.36. The molecule has 1 atom stereocenters. The second-order valence-electron chi connectivity index (χ2n) is 7.60. The highest BCUT2D eigenvalue weighted by molar-refractivity contribution is 5.94. The summed E-state index contributed by atoms with van der Waals surface area (Å²) in [7, 11) is 0. The lowest BCUT2D eigenvalue weighted by atomic mass is 9.97. The molecular weight excluding hydrogens is 324 g/mol. The number of benzene rings is 2. The lowest BCUT2D eigenvalue weighted by molar-refractivity contribution is 0.0729. The predicted octanol–water partition coefficient (Wildman–Crippen LogP) is 3.35. The van der Waals surface area contributed by atoms with Crippen LogP contribution in [0, 0.1) is 5.92 Å². The minimum absolute atomic E-state index is 0.0993. The largest absolute Gasteiger partial charge is 0.508 e. The summed E-state index contributed by atoms with van der Waals surface area (Å²) >= 11 is 0. The highest BCUT2D eigenvalue weighted by Gasteiger charge is 2.33. The third kappa shape index (κ3) is 4.07. The van der Waals surface area contributed by atoms with E-state index in [-0.39, 0.29) is 11.7 Å². The van der Waals surface area contributed by atoms with Crippen molar-refractivity contribution in [2.24, 2.45) is 5.92 Å². The molecule has 4 heteroatoms. The number of nitrogens with zero attached hydrogens (tertiary/aromatic N) is 1. The van der Waals surface area contributed by atoms with Gasteiger partial charge in [0.05, 0.1) is 0 Å². The van der Waals surface area contributed by atoms with Gasteiger partial charge in [0, 0.05) is 18.2 Å². The molecule has 1 amide bonds. The van der Waals surface area contributed by atoms with E-state index in [2.05, 4.69) is 17.4 Å². The Hall–Kier alpha value is -2.33. The van der Waals surface area contributed by atoms with Crippen molar-refractivity contribution in [3.8, 4) is 5.75 Å². The Bertz CT molecular complexity index is 779. The van der Waals surface area contributed by atoms with E-state index in [1.54, 1.807) is 12.1 Å². The van der Waals surface area contributed by atoms with Crippen molar-refractivity contribution in [1.29, 1.82) is 0 Å². The SMILES string of the molecule is O=C(c1cccc(CC2CCNC2)c1)N(Cc1cccc(O)c1)C1CC1. The molecule has 0 aromatic heterocycles. The molecule has 0 bridgehead atoms. The number of aromatic hydroxyl groups is 1. The Balaban J connectivity index is 1.50. The molecule has 4 nitrogen and oxygen atoms in total. The molecule has 2 aromatic rings. The molecule has 2 fully saturated rings. The van der Waals surface area contributed by atoms with Crippen molar-refractivity contribution in [3.63, 3.8) is 0 Å². The number of carbonyl (C=O) groups excluding carboxylic acids is 1. The van der Waals surface area contributed by atoms with Gasteiger partial charge in [0.15, 0.2) is 0 Å². The molecule has 0 spiro atoms. The van der Waals surface area contributed by atoms with Gasteiger partial charge < -0.3 is 15.3 Å². The molecule has 4 rings (SSSR count). The maximum Gasteiger partial charge on any atom is 0.254 e. The number of phenols is 1. The smallest absolute Gasteiger partial charge is 0.254 e. The fraction of sp³-hybridized carbons (Fsp3) is 0.409. The maximum atomic E-state index is 13.2. The average molecular weight is 350 g/mol. The summed E-state index contributed by atoms with van der Waals surface area (Å²) in [6.45, 7) is 2.72. The molecule has 1 saturated heterocycles. The van der Waals surface area contributed by atoms with Crippen LogP contribution in [0.5, 0.6) is 5.75 Å². The number of nitrogens with one attached hydrogen (secondary N) is 1. The van der Waals surface area contributed by atoms with E-state index in [1.165, 1.54) is 12.0 Å². The number of amides is 1. The lowest BCUT2D eigenvalue weighted by Crippen LogP contribution is -2.32. The third-order valence-electron chi connectivity index (χ3n) is 5.37. The number of carbonyl (C=O) groups is 1. The van der Waals surface area contributed by atoms with E-state index < -0.39 is 0 Å². The van der Waals surface area contributed by atoms with Crippen LogP contribution in [0.25, 0.3) is 0 Å². The predicted molar refractivity (Wildman–Crippen MR) is 102 cm³/mol. The van der Waals surface area contributed by atoms with E-state index in [0.29, 0.717) is 18.5 Å². The Morgan fingerprint density at radius 2 is 1.88 bits per heavy atom. The van der Waals surface area contributed by atoms with Crippen LogP contribution in [0.4, 0.5) is 0 Å². The van der Waals surface area contributed by atoms with E-state index in [0.717, 1.165) is 43.5 Å². The van der Waals surface area contributed by atoms with Crippen LogP contribution in [0.15, 0.2) is 48.5 Å². The van der Waals surface area contributed by atoms with Crippen molar-refractivity contribution in [3.05, 3.63) is 65.2 Å². The van der Waals surface area contributed by atoms with Crippen LogP contribution in [-0.2, 0) is 13.0 Å². The van der Waals surface area contributed by atoms with Gasteiger partial charge in [0.1, 0.15) is 5.75 Å². The van der Waals surface area contributed by atoms with Crippen LogP contribution in [0.2, 0.25) is 0 Å². The van der Waals surface area contributed by atoms with Gasteiger partial charge in [-0.05, 0) is 80.1 Å². The topological polar surface area (TPSA) is 52.6 Å². The summed E-state index contributed by atoms with van der Waals surface area (Å²) in [4.78, 5) is 15.1. The standard InChI is InChI=1S/C22H26N2O2/c25-21-6-2-4-18(13-21)15-24(20-7-8-20)22(26)19-5-1-3-16(12-19)11-17-9-10-23-14-17/h1-6,12-13,17,20,23,25H,7-11,14-15H2. The van der Waals surface area contributed by atoms with Crippen molar-refractivity contribution in [2.75, 3.05) is 13.1 Å². The van der Waals surface area contributed by atoms with Crippen molar-refractivity contribution in [1.82, 2.24) is 10.2 Å². The van der Waals surface area contributed by atoms with E-state index in [1.807, 2.05) is 29.2 Å². The molecule has 1 saturated carbocycles. The summed E-state index contributed by atoms with van der Waals surface area (Å²) in [5.41, 5.74) is 3.00. The first-order valence-corrected chi connectivity index (χ1v) is 9.57. The van der Waals surface area contributed by atoms with Crippen LogP contribution in [-0.4, -0.2) is 35.0 Å². The zero-order chi connectivity index (χ0) is 17.9. The molecule has 1 heterocycles. The maximum absolute atomic E-state index is 13.2. The fourth-order valence-electron chi connectivity index (χ4n) is 3.82. The fourth-order valence-corrected chi connectivity index (χ4v) is 3.82. The molecular formula is C22H26N2O2. The highest BCUT2D eigenvalue weighted by atomic mass is 16.3. The van der Waals surface area contributed by atoms with Crippen LogP contribution >= 0.6 is 0 Å². The molecule has 1 unspecified atom stereocenters. The molecule has 0 radical (unpaired) electrons. The molecule has 2 N–H and O–H groups in total. The van der Waals surface area contributed by atoms with Gasteiger partial charge in [-0.15, -0.1) is 0 Å². The minimum atomic E-state index is 0.0993. The monoisotopic (exact) mass is 350 g/mol.